The number of rotatable bonds is 6. The van der Waals surface area contributed by atoms with Crippen LogP contribution in [0.25, 0.3) is 0 Å². The largest absolute Gasteiger partial charge is 0.343 e. The van der Waals surface area contributed by atoms with Crippen LogP contribution in [0.5, 0.6) is 0 Å². The highest BCUT2D eigenvalue weighted by molar-refractivity contribution is 7.99. The van der Waals surface area contributed by atoms with Gasteiger partial charge in [-0.05, 0) is 42.3 Å². The van der Waals surface area contributed by atoms with Gasteiger partial charge in [0.15, 0.2) is 5.16 Å². The van der Waals surface area contributed by atoms with Crippen molar-refractivity contribution < 1.29 is 0 Å². The van der Waals surface area contributed by atoms with E-state index in [1.807, 2.05) is 31.2 Å². The first-order valence-corrected chi connectivity index (χ1v) is 7.66. The molecule has 0 saturated heterocycles. The fourth-order valence-corrected chi connectivity index (χ4v) is 2.78. The second-order valence-corrected chi connectivity index (χ2v) is 5.69. The lowest BCUT2D eigenvalue weighted by Crippen LogP contribution is -2.17. The lowest BCUT2D eigenvalue weighted by molar-refractivity contribution is 0.604. The maximum Gasteiger partial charge on any atom is 0.343 e. The molecule has 0 fully saturated rings. The number of hydrogen-bond acceptors (Lipinski definition) is 4. The van der Waals surface area contributed by atoms with E-state index in [-0.39, 0.29) is 11.7 Å². The molecule has 1 atom stereocenters. The fourth-order valence-electron chi connectivity index (χ4n) is 1.93. The van der Waals surface area contributed by atoms with E-state index >= 15 is 0 Å². The predicted octanol–water partition coefficient (Wildman–Crippen LogP) is 2.54. The average Bonchev–Trinajstić information content (AvgIpc) is 2.81. The predicted molar refractivity (Wildman–Crippen MR) is 80.9 cm³/mol. The molecule has 0 aliphatic rings. The molecule has 0 radical (unpaired) electrons. The van der Waals surface area contributed by atoms with Crippen molar-refractivity contribution in [1.29, 1.82) is 0 Å². The standard InChI is InChI=1S/C14H20N4OS/c1-3-9-18-13(19)16-17-14(18)20-11-7-5-10(6-8-11)12(15)4-2/h5-8,12H,3-4,9,15H2,1-2H3,(H,16,19)/t12-/m0/s1. The van der Waals surface area contributed by atoms with E-state index in [2.05, 4.69) is 17.1 Å². The van der Waals surface area contributed by atoms with Gasteiger partial charge in [0.1, 0.15) is 0 Å². The van der Waals surface area contributed by atoms with Crippen molar-refractivity contribution in [3.8, 4) is 0 Å². The SMILES string of the molecule is CCCn1c(Sc2ccc([C@@H](N)CC)cc2)n[nH]c1=O. The Morgan fingerprint density at radius 2 is 2.05 bits per heavy atom. The summed E-state index contributed by atoms with van der Waals surface area (Å²) in [5.41, 5.74) is 6.97. The number of nitrogens with one attached hydrogen (secondary N) is 1. The maximum atomic E-state index is 11.6. The van der Waals surface area contributed by atoms with E-state index in [0.29, 0.717) is 11.7 Å². The molecule has 0 saturated carbocycles. The Hall–Kier alpha value is -1.53. The second-order valence-electron chi connectivity index (χ2n) is 4.65. The number of hydrogen-bond donors (Lipinski definition) is 2. The first kappa shape index (κ1) is 14.9. The van der Waals surface area contributed by atoms with Crippen LogP contribution in [-0.4, -0.2) is 14.8 Å². The number of aromatic amines is 1. The molecular formula is C14H20N4OS. The topological polar surface area (TPSA) is 76.7 Å². The quantitative estimate of drug-likeness (QED) is 0.857. The van der Waals surface area contributed by atoms with E-state index < -0.39 is 0 Å². The highest BCUT2D eigenvalue weighted by Crippen LogP contribution is 2.26. The summed E-state index contributed by atoms with van der Waals surface area (Å²) in [7, 11) is 0. The highest BCUT2D eigenvalue weighted by Gasteiger charge is 2.09. The number of aromatic nitrogens is 3. The van der Waals surface area contributed by atoms with Gasteiger partial charge in [0, 0.05) is 17.5 Å². The molecule has 0 unspecified atom stereocenters. The molecule has 0 aliphatic heterocycles. The van der Waals surface area contributed by atoms with Gasteiger partial charge in [-0.25, -0.2) is 9.89 Å². The Labute approximate surface area is 122 Å². The van der Waals surface area contributed by atoms with E-state index in [4.69, 9.17) is 5.73 Å². The molecule has 0 aliphatic carbocycles. The highest BCUT2D eigenvalue weighted by atomic mass is 32.2. The summed E-state index contributed by atoms with van der Waals surface area (Å²) in [6, 6.07) is 8.19. The average molecular weight is 292 g/mol. The van der Waals surface area contributed by atoms with Crippen molar-refractivity contribution in [3.05, 3.63) is 40.3 Å². The van der Waals surface area contributed by atoms with Gasteiger partial charge in [0.25, 0.3) is 0 Å². The van der Waals surface area contributed by atoms with Gasteiger partial charge >= 0.3 is 5.69 Å². The molecule has 1 aromatic carbocycles. The van der Waals surface area contributed by atoms with Crippen LogP contribution in [-0.2, 0) is 6.54 Å². The molecule has 0 amide bonds. The summed E-state index contributed by atoms with van der Waals surface area (Å²) < 4.78 is 1.66. The van der Waals surface area contributed by atoms with Crippen LogP contribution in [0.2, 0.25) is 0 Å². The number of nitrogens with zero attached hydrogens (tertiary/aromatic N) is 2. The van der Waals surface area contributed by atoms with Crippen LogP contribution in [0.1, 0.15) is 38.3 Å². The van der Waals surface area contributed by atoms with Gasteiger partial charge in [-0.15, -0.1) is 5.10 Å². The summed E-state index contributed by atoms with van der Waals surface area (Å²) in [4.78, 5) is 12.7. The number of nitrogens with two attached hydrogens (primary N) is 1. The third kappa shape index (κ3) is 3.32. The zero-order valence-electron chi connectivity index (χ0n) is 11.8. The third-order valence-corrected chi connectivity index (χ3v) is 4.13. The van der Waals surface area contributed by atoms with Gasteiger partial charge in [0.2, 0.25) is 0 Å². The summed E-state index contributed by atoms with van der Waals surface area (Å²) >= 11 is 1.48. The Kier molecular flexibility index (Phi) is 5.03. The van der Waals surface area contributed by atoms with Crippen molar-refractivity contribution in [2.45, 2.75) is 49.3 Å². The smallest absolute Gasteiger partial charge is 0.324 e. The van der Waals surface area contributed by atoms with Crippen LogP contribution in [0.4, 0.5) is 0 Å². The Balaban J connectivity index is 2.16. The monoisotopic (exact) mass is 292 g/mol. The molecule has 1 heterocycles. The molecule has 0 spiro atoms. The Bertz CT molecular complexity index is 602. The summed E-state index contributed by atoms with van der Waals surface area (Å²) in [5.74, 6) is 0. The minimum Gasteiger partial charge on any atom is -0.324 e. The third-order valence-electron chi connectivity index (χ3n) is 3.13. The number of benzene rings is 1. The van der Waals surface area contributed by atoms with Gasteiger partial charge in [-0.3, -0.25) is 4.57 Å². The number of H-pyrrole nitrogens is 1. The van der Waals surface area contributed by atoms with Crippen molar-refractivity contribution in [2.24, 2.45) is 5.73 Å². The van der Waals surface area contributed by atoms with E-state index in [1.165, 1.54) is 11.8 Å². The van der Waals surface area contributed by atoms with Crippen molar-refractivity contribution in [3.63, 3.8) is 0 Å². The molecule has 0 bridgehead atoms. The van der Waals surface area contributed by atoms with Crippen LogP contribution < -0.4 is 11.4 Å². The summed E-state index contributed by atoms with van der Waals surface area (Å²) in [5, 5.41) is 7.26. The van der Waals surface area contributed by atoms with Crippen LogP contribution in [0, 0.1) is 0 Å². The molecule has 6 heteroatoms. The Morgan fingerprint density at radius 3 is 2.65 bits per heavy atom. The van der Waals surface area contributed by atoms with Crippen molar-refractivity contribution in [1.82, 2.24) is 14.8 Å². The normalized spacial score (nSPS) is 12.6. The van der Waals surface area contributed by atoms with Gasteiger partial charge in [-0.1, -0.05) is 26.0 Å². The van der Waals surface area contributed by atoms with Crippen LogP contribution in [0.3, 0.4) is 0 Å². The molecule has 20 heavy (non-hydrogen) atoms. The molecular weight excluding hydrogens is 272 g/mol. The molecule has 108 valence electrons. The zero-order valence-corrected chi connectivity index (χ0v) is 12.6. The van der Waals surface area contributed by atoms with Gasteiger partial charge in [0.05, 0.1) is 0 Å². The molecule has 5 nitrogen and oxygen atoms in total. The maximum absolute atomic E-state index is 11.6. The molecule has 1 aromatic heterocycles. The van der Waals surface area contributed by atoms with Gasteiger partial charge < -0.3 is 5.73 Å². The van der Waals surface area contributed by atoms with Crippen LogP contribution >= 0.6 is 11.8 Å². The van der Waals surface area contributed by atoms with Crippen molar-refractivity contribution in [2.75, 3.05) is 0 Å². The summed E-state index contributed by atoms with van der Waals surface area (Å²) in [6.45, 7) is 4.78. The van der Waals surface area contributed by atoms with E-state index in [9.17, 15) is 4.79 Å². The minimum absolute atomic E-state index is 0.0812. The van der Waals surface area contributed by atoms with Crippen molar-refractivity contribution >= 4 is 11.8 Å². The molecule has 2 aromatic rings. The molecule has 3 N–H and O–H groups in total. The van der Waals surface area contributed by atoms with E-state index in [0.717, 1.165) is 23.3 Å². The van der Waals surface area contributed by atoms with Gasteiger partial charge in [-0.2, -0.15) is 0 Å². The lowest BCUT2D eigenvalue weighted by atomic mass is 10.1. The fraction of sp³-hybridized carbons (Fsp3) is 0.429. The lowest BCUT2D eigenvalue weighted by Gasteiger charge is -2.09. The summed E-state index contributed by atoms with van der Waals surface area (Å²) in [6.07, 6.45) is 1.82. The zero-order chi connectivity index (χ0) is 14.5. The molecule has 2 rings (SSSR count). The first-order chi connectivity index (χ1) is 9.65. The first-order valence-electron chi connectivity index (χ1n) is 6.84. The van der Waals surface area contributed by atoms with Crippen LogP contribution in [0.15, 0.2) is 39.1 Å². The van der Waals surface area contributed by atoms with E-state index in [1.54, 1.807) is 4.57 Å². The second kappa shape index (κ2) is 6.76. The minimum atomic E-state index is -0.154. The Morgan fingerprint density at radius 1 is 1.35 bits per heavy atom.